The number of benzene rings is 2. The summed E-state index contributed by atoms with van der Waals surface area (Å²) in [5, 5.41) is 0. The van der Waals surface area contributed by atoms with E-state index in [0.717, 1.165) is 5.56 Å². The van der Waals surface area contributed by atoms with Gasteiger partial charge in [-0.25, -0.2) is 4.39 Å². The van der Waals surface area contributed by atoms with Crippen molar-refractivity contribution in [1.82, 2.24) is 4.90 Å². The molecule has 2 aromatic rings. The van der Waals surface area contributed by atoms with Crippen LogP contribution in [0.1, 0.15) is 17.2 Å². The van der Waals surface area contributed by atoms with Crippen LogP contribution < -0.4 is 5.73 Å². The molecule has 3 nitrogen and oxygen atoms in total. The number of halogens is 1. The van der Waals surface area contributed by atoms with Crippen LogP contribution in [-0.2, 0) is 6.54 Å². The zero-order valence-corrected chi connectivity index (χ0v) is 11.0. The largest absolute Gasteiger partial charge is 0.370 e. The first-order valence-corrected chi connectivity index (χ1v) is 6.60. The summed E-state index contributed by atoms with van der Waals surface area (Å²) in [6.45, 7) is 1.32. The molecule has 102 valence electrons. The van der Waals surface area contributed by atoms with Crippen LogP contribution in [0.4, 0.5) is 4.39 Å². The van der Waals surface area contributed by atoms with Gasteiger partial charge in [0, 0.05) is 6.54 Å². The van der Waals surface area contributed by atoms with Gasteiger partial charge in [-0.3, -0.25) is 4.99 Å². The Morgan fingerprint density at radius 2 is 1.80 bits per heavy atom. The molecule has 0 amide bonds. The summed E-state index contributed by atoms with van der Waals surface area (Å²) in [6.07, 6.45) is 0. The minimum atomic E-state index is -0.227. The summed E-state index contributed by atoms with van der Waals surface area (Å²) in [5.41, 5.74) is 8.20. The molecule has 0 spiro atoms. The van der Waals surface area contributed by atoms with Crippen molar-refractivity contribution in [3.05, 3.63) is 71.5 Å². The summed E-state index contributed by atoms with van der Waals surface area (Å²) in [6, 6.07) is 16.8. The standard InChI is InChI=1S/C16H16FN3/c17-14-8-6-13(7-9-14)15-10-19-16(18)20(15)11-12-4-2-1-3-5-12/h1-9,15H,10-11H2,(H2,18,19). The third kappa shape index (κ3) is 2.50. The SMILES string of the molecule is NC1=NCC(c2ccc(F)cc2)N1Cc1ccccc1. The Balaban J connectivity index is 1.83. The quantitative estimate of drug-likeness (QED) is 0.930. The molecule has 0 aromatic heterocycles. The lowest BCUT2D eigenvalue weighted by Crippen LogP contribution is -2.35. The Morgan fingerprint density at radius 3 is 2.50 bits per heavy atom. The lowest BCUT2D eigenvalue weighted by molar-refractivity contribution is 0.340. The van der Waals surface area contributed by atoms with Crippen LogP contribution in [0.5, 0.6) is 0 Å². The summed E-state index contributed by atoms with van der Waals surface area (Å²) in [5.74, 6) is 0.318. The maximum absolute atomic E-state index is 13.0. The van der Waals surface area contributed by atoms with Gasteiger partial charge < -0.3 is 10.6 Å². The van der Waals surface area contributed by atoms with Gasteiger partial charge in [-0.1, -0.05) is 42.5 Å². The van der Waals surface area contributed by atoms with Crippen molar-refractivity contribution in [2.75, 3.05) is 6.54 Å². The second-order valence-electron chi connectivity index (χ2n) is 4.88. The van der Waals surface area contributed by atoms with Crippen molar-refractivity contribution in [2.45, 2.75) is 12.6 Å². The highest BCUT2D eigenvalue weighted by molar-refractivity contribution is 5.80. The molecule has 1 unspecified atom stereocenters. The Hall–Kier alpha value is -2.36. The fraction of sp³-hybridized carbons (Fsp3) is 0.188. The molecule has 1 atom stereocenters. The number of hydrogen-bond donors (Lipinski definition) is 1. The second kappa shape index (κ2) is 5.33. The fourth-order valence-electron chi connectivity index (χ4n) is 2.47. The highest BCUT2D eigenvalue weighted by Crippen LogP contribution is 2.27. The first-order chi connectivity index (χ1) is 9.74. The van der Waals surface area contributed by atoms with E-state index in [4.69, 9.17) is 5.73 Å². The smallest absolute Gasteiger partial charge is 0.192 e. The van der Waals surface area contributed by atoms with Crippen LogP contribution >= 0.6 is 0 Å². The van der Waals surface area contributed by atoms with Crippen molar-refractivity contribution in [1.29, 1.82) is 0 Å². The van der Waals surface area contributed by atoms with Crippen molar-refractivity contribution in [3.63, 3.8) is 0 Å². The molecule has 20 heavy (non-hydrogen) atoms. The van der Waals surface area contributed by atoms with Crippen LogP contribution in [0.15, 0.2) is 59.6 Å². The van der Waals surface area contributed by atoms with Crippen LogP contribution in [-0.4, -0.2) is 17.4 Å². The van der Waals surface area contributed by atoms with Gasteiger partial charge in [0.1, 0.15) is 5.82 Å². The normalized spacial score (nSPS) is 18.1. The molecule has 1 heterocycles. The first-order valence-electron chi connectivity index (χ1n) is 6.60. The molecule has 3 rings (SSSR count). The van der Waals surface area contributed by atoms with E-state index < -0.39 is 0 Å². The molecule has 1 aliphatic heterocycles. The van der Waals surface area contributed by atoms with E-state index in [1.807, 2.05) is 18.2 Å². The average Bonchev–Trinajstić information content (AvgIpc) is 2.83. The number of aliphatic imine (C=N–C) groups is 1. The van der Waals surface area contributed by atoms with Crippen LogP contribution in [0.25, 0.3) is 0 Å². The molecule has 2 aromatic carbocycles. The predicted octanol–water partition coefficient (Wildman–Crippen LogP) is 2.70. The molecular weight excluding hydrogens is 253 g/mol. The topological polar surface area (TPSA) is 41.6 Å². The Bertz CT molecular complexity index is 607. The number of nitrogens with two attached hydrogens (primary N) is 1. The monoisotopic (exact) mass is 269 g/mol. The fourth-order valence-corrected chi connectivity index (χ4v) is 2.47. The molecule has 0 fully saturated rings. The minimum absolute atomic E-state index is 0.0795. The highest BCUT2D eigenvalue weighted by Gasteiger charge is 2.27. The van der Waals surface area contributed by atoms with Gasteiger partial charge in [-0.2, -0.15) is 0 Å². The number of guanidine groups is 1. The Labute approximate surface area is 117 Å². The summed E-state index contributed by atoms with van der Waals surface area (Å²) >= 11 is 0. The maximum atomic E-state index is 13.0. The zero-order valence-electron chi connectivity index (χ0n) is 11.0. The summed E-state index contributed by atoms with van der Waals surface area (Å²) in [7, 11) is 0. The van der Waals surface area contributed by atoms with E-state index >= 15 is 0 Å². The van der Waals surface area contributed by atoms with E-state index in [9.17, 15) is 4.39 Å². The first kappa shape index (κ1) is 12.7. The molecular formula is C16H16FN3. The Morgan fingerprint density at radius 1 is 1.10 bits per heavy atom. The summed E-state index contributed by atoms with van der Waals surface area (Å²) < 4.78 is 13.0. The van der Waals surface area contributed by atoms with E-state index in [-0.39, 0.29) is 11.9 Å². The minimum Gasteiger partial charge on any atom is -0.370 e. The maximum Gasteiger partial charge on any atom is 0.192 e. The number of hydrogen-bond acceptors (Lipinski definition) is 3. The molecule has 0 radical (unpaired) electrons. The van der Waals surface area contributed by atoms with Crippen LogP contribution in [0, 0.1) is 5.82 Å². The third-order valence-electron chi connectivity index (χ3n) is 3.55. The van der Waals surface area contributed by atoms with Gasteiger partial charge in [0.15, 0.2) is 5.96 Å². The van der Waals surface area contributed by atoms with Crippen LogP contribution in [0.3, 0.4) is 0 Å². The van der Waals surface area contributed by atoms with Gasteiger partial charge in [0.25, 0.3) is 0 Å². The Kier molecular flexibility index (Phi) is 3.37. The van der Waals surface area contributed by atoms with Gasteiger partial charge >= 0.3 is 0 Å². The van der Waals surface area contributed by atoms with Gasteiger partial charge in [0.05, 0.1) is 12.6 Å². The number of rotatable bonds is 3. The molecule has 2 N–H and O–H groups in total. The van der Waals surface area contributed by atoms with Gasteiger partial charge in [-0.05, 0) is 23.3 Å². The molecule has 4 heteroatoms. The predicted molar refractivity (Wildman–Crippen MR) is 77.6 cm³/mol. The van der Waals surface area contributed by atoms with E-state index in [2.05, 4.69) is 22.0 Å². The van der Waals surface area contributed by atoms with E-state index in [0.29, 0.717) is 19.0 Å². The zero-order chi connectivity index (χ0) is 13.9. The molecule has 0 aliphatic carbocycles. The van der Waals surface area contributed by atoms with Crippen molar-refractivity contribution in [2.24, 2.45) is 10.7 Å². The van der Waals surface area contributed by atoms with E-state index in [1.54, 1.807) is 12.1 Å². The summed E-state index contributed by atoms with van der Waals surface area (Å²) in [4.78, 5) is 6.38. The van der Waals surface area contributed by atoms with Crippen molar-refractivity contribution in [3.8, 4) is 0 Å². The lowest BCUT2D eigenvalue weighted by atomic mass is 10.1. The molecule has 0 saturated heterocycles. The molecule has 0 saturated carbocycles. The number of nitrogens with zero attached hydrogens (tertiary/aromatic N) is 2. The van der Waals surface area contributed by atoms with Gasteiger partial charge in [-0.15, -0.1) is 0 Å². The molecule has 0 bridgehead atoms. The van der Waals surface area contributed by atoms with Crippen LogP contribution in [0.2, 0.25) is 0 Å². The van der Waals surface area contributed by atoms with E-state index in [1.165, 1.54) is 17.7 Å². The third-order valence-corrected chi connectivity index (χ3v) is 3.55. The average molecular weight is 269 g/mol. The van der Waals surface area contributed by atoms with Crippen molar-refractivity contribution >= 4 is 5.96 Å². The van der Waals surface area contributed by atoms with Crippen molar-refractivity contribution < 1.29 is 4.39 Å². The van der Waals surface area contributed by atoms with Gasteiger partial charge in [0.2, 0.25) is 0 Å². The lowest BCUT2D eigenvalue weighted by Gasteiger charge is -2.26. The second-order valence-corrected chi connectivity index (χ2v) is 4.88. The highest BCUT2D eigenvalue weighted by atomic mass is 19.1. The molecule has 1 aliphatic rings.